The van der Waals surface area contributed by atoms with E-state index in [2.05, 4.69) is 6.92 Å². The number of hydrogen-bond acceptors (Lipinski definition) is 3. The number of hydrogen-bond donors (Lipinski definition) is 1. The van der Waals surface area contributed by atoms with Crippen molar-refractivity contribution in [2.24, 2.45) is 0 Å². The highest BCUT2D eigenvalue weighted by molar-refractivity contribution is 8.00. The molecule has 1 N–H and O–H groups in total. The zero-order valence-corrected chi connectivity index (χ0v) is 11.7. The highest BCUT2D eigenvalue weighted by Crippen LogP contribution is 2.26. The van der Waals surface area contributed by atoms with E-state index in [1.54, 1.807) is 6.07 Å². The van der Waals surface area contributed by atoms with Crippen molar-refractivity contribution in [2.75, 3.05) is 18.8 Å². The molecule has 98 valence electrons. The summed E-state index contributed by atoms with van der Waals surface area (Å²) in [5, 5.41) is 10.5. The molecule has 18 heavy (non-hydrogen) atoms. The van der Waals surface area contributed by atoms with Crippen LogP contribution in [0.4, 0.5) is 0 Å². The summed E-state index contributed by atoms with van der Waals surface area (Å²) in [6, 6.07) is 5.33. The highest BCUT2D eigenvalue weighted by Gasteiger charge is 2.25. The van der Waals surface area contributed by atoms with Crippen molar-refractivity contribution in [1.29, 1.82) is 0 Å². The number of carbonyl (C=O) groups is 1. The molecule has 1 aromatic rings. The van der Waals surface area contributed by atoms with Gasteiger partial charge in [-0.1, -0.05) is 19.1 Å². The van der Waals surface area contributed by atoms with Crippen molar-refractivity contribution in [2.45, 2.75) is 25.5 Å². The number of aromatic hydroxyl groups is 1. The molecular weight excluding hydrogens is 246 g/mol. The van der Waals surface area contributed by atoms with Crippen molar-refractivity contribution < 1.29 is 9.90 Å². The van der Waals surface area contributed by atoms with E-state index in [0.29, 0.717) is 10.8 Å². The van der Waals surface area contributed by atoms with Gasteiger partial charge in [-0.25, -0.2) is 0 Å². The van der Waals surface area contributed by atoms with Crippen LogP contribution in [0.15, 0.2) is 18.2 Å². The molecule has 1 amide bonds. The van der Waals surface area contributed by atoms with Gasteiger partial charge in [0.15, 0.2) is 0 Å². The number of rotatable bonds is 2. The maximum absolute atomic E-state index is 12.4. The van der Waals surface area contributed by atoms with Crippen LogP contribution in [0.2, 0.25) is 0 Å². The number of carbonyl (C=O) groups excluding carboxylic acids is 1. The Morgan fingerprint density at radius 1 is 1.56 bits per heavy atom. The number of para-hydroxylation sites is 1. The monoisotopic (exact) mass is 265 g/mol. The molecular formula is C14H19NO2S. The number of benzene rings is 1. The minimum Gasteiger partial charge on any atom is -0.507 e. The van der Waals surface area contributed by atoms with E-state index in [1.165, 1.54) is 0 Å². The molecule has 1 unspecified atom stereocenters. The Hall–Kier alpha value is -1.16. The third-order valence-corrected chi connectivity index (χ3v) is 4.72. The summed E-state index contributed by atoms with van der Waals surface area (Å²) in [5.41, 5.74) is 1.18. The average Bonchev–Trinajstić information content (AvgIpc) is 2.41. The summed E-state index contributed by atoms with van der Waals surface area (Å²) in [7, 11) is 0. The zero-order valence-electron chi connectivity index (χ0n) is 10.8. The van der Waals surface area contributed by atoms with Gasteiger partial charge >= 0.3 is 0 Å². The maximum atomic E-state index is 12.4. The molecule has 1 atom stereocenters. The molecule has 1 aromatic carbocycles. The first-order valence-corrected chi connectivity index (χ1v) is 7.37. The molecule has 1 saturated heterocycles. The van der Waals surface area contributed by atoms with E-state index < -0.39 is 0 Å². The SMILES string of the molecule is CCC1CN(C(=O)c2cccc(C)c2O)CCS1. The molecule has 0 bridgehead atoms. The Labute approximate surface area is 112 Å². The van der Waals surface area contributed by atoms with Gasteiger partial charge in [-0.3, -0.25) is 4.79 Å². The molecule has 0 aromatic heterocycles. The van der Waals surface area contributed by atoms with Gasteiger partial charge in [-0.15, -0.1) is 0 Å². The molecule has 0 saturated carbocycles. The van der Waals surface area contributed by atoms with Gasteiger partial charge in [0.1, 0.15) is 5.75 Å². The molecule has 1 aliphatic heterocycles. The fourth-order valence-corrected chi connectivity index (χ4v) is 3.33. The van der Waals surface area contributed by atoms with E-state index in [0.717, 1.165) is 30.8 Å². The molecule has 0 spiro atoms. The van der Waals surface area contributed by atoms with Crippen LogP contribution in [-0.4, -0.2) is 40.0 Å². The summed E-state index contributed by atoms with van der Waals surface area (Å²) >= 11 is 1.93. The van der Waals surface area contributed by atoms with Crippen molar-refractivity contribution in [1.82, 2.24) is 4.90 Å². The topological polar surface area (TPSA) is 40.5 Å². The van der Waals surface area contributed by atoms with E-state index in [9.17, 15) is 9.90 Å². The van der Waals surface area contributed by atoms with Gasteiger partial charge in [-0.2, -0.15) is 11.8 Å². The van der Waals surface area contributed by atoms with E-state index in [4.69, 9.17) is 0 Å². The second kappa shape index (κ2) is 5.65. The predicted molar refractivity (Wildman–Crippen MR) is 75.3 cm³/mol. The van der Waals surface area contributed by atoms with E-state index in [1.807, 2.05) is 35.7 Å². The Morgan fingerprint density at radius 3 is 3.06 bits per heavy atom. The average molecular weight is 265 g/mol. The molecule has 0 radical (unpaired) electrons. The molecule has 1 aliphatic rings. The van der Waals surface area contributed by atoms with Crippen LogP contribution in [-0.2, 0) is 0 Å². The van der Waals surface area contributed by atoms with Crippen LogP contribution in [0.25, 0.3) is 0 Å². The zero-order chi connectivity index (χ0) is 13.1. The summed E-state index contributed by atoms with van der Waals surface area (Å²) in [5.74, 6) is 1.06. The summed E-state index contributed by atoms with van der Waals surface area (Å²) in [6.07, 6.45) is 1.08. The van der Waals surface area contributed by atoms with Crippen LogP contribution in [0, 0.1) is 6.92 Å². The second-order valence-corrected chi connectivity index (χ2v) is 6.03. The number of nitrogens with zero attached hydrogens (tertiary/aromatic N) is 1. The number of phenolic OH excluding ortho intramolecular Hbond substituents is 1. The van der Waals surface area contributed by atoms with Crippen LogP contribution in [0.1, 0.15) is 29.3 Å². The van der Waals surface area contributed by atoms with E-state index >= 15 is 0 Å². The fourth-order valence-electron chi connectivity index (χ4n) is 2.15. The normalized spacial score (nSPS) is 19.9. The molecule has 2 rings (SSSR count). The lowest BCUT2D eigenvalue weighted by molar-refractivity contribution is 0.0757. The lowest BCUT2D eigenvalue weighted by Crippen LogP contribution is -2.41. The van der Waals surface area contributed by atoms with Crippen molar-refractivity contribution in [3.8, 4) is 5.75 Å². The van der Waals surface area contributed by atoms with Crippen LogP contribution >= 0.6 is 11.8 Å². The Balaban J connectivity index is 2.18. The summed E-state index contributed by atoms with van der Waals surface area (Å²) in [6.45, 7) is 5.52. The number of thioether (sulfide) groups is 1. The van der Waals surface area contributed by atoms with Crippen molar-refractivity contribution in [3.63, 3.8) is 0 Å². The van der Waals surface area contributed by atoms with Crippen LogP contribution < -0.4 is 0 Å². The van der Waals surface area contributed by atoms with Gasteiger partial charge in [0, 0.05) is 24.1 Å². The summed E-state index contributed by atoms with van der Waals surface area (Å²) in [4.78, 5) is 14.3. The van der Waals surface area contributed by atoms with Gasteiger partial charge < -0.3 is 10.0 Å². The lowest BCUT2D eigenvalue weighted by Gasteiger charge is -2.32. The minimum absolute atomic E-state index is 0.0463. The highest BCUT2D eigenvalue weighted by atomic mass is 32.2. The smallest absolute Gasteiger partial charge is 0.257 e. The Kier molecular flexibility index (Phi) is 4.17. The number of amides is 1. The van der Waals surface area contributed by atoms with Crippen molar-refractivity contribution in [3.05, 3.63) is 29.3 Å². The minimum atomic E-state index is -0.0463. The molecule has 1 heterocycles. The third kappa shape index (κ3) is 2.64. The first kappa shape index (κ1) is 13.3. The second-order valence-electron chi connectivity index (χ2n) is 4.62. The Bertz CT molecular complexity index is 447. The first-order chi connectivity index (χ1) is 8.63. The first-order valence-electron chi connectivity index (χ1n) is 6.33. The van der Waals surface area contributed by atoms with Gasteiger partial charge in [-0.05, 0) is 25.0 Å². The fraction of sp³-hybridized carbons (Fsp3) is 0.500. The van der Waals surface area contributed by atoms with Crippen LogP contribution in [0.3, 0.4) is 0 Å². The van der Waals surface area contributed by atoms with Crippen LogP contribution in [0.5, 0.6) is 5.75 Å². The maximum Gasteiger partial charge on any atom is 0.257 e. The van der Waals surface area contributed by atoms with Gasteiger partial charge in [0.05, 0.1) is 5.56 Å². The number of phenols is 1. The largest absolute Gasteiger partial charge is 0.507 e. The molecule has 0 aliphatic carbocycles. The quantitative estimate of drug-likeness (QED) is 0.893. The molecule has 4 heteroatoms. The molecule has 1 fully saturated rings. The Morgan fingerprint density at radius 2 is 2.33 bits per heavy atom. The van der Waals surface area contributed by atoms with Gasteiger partial charge in [0.25, 0.3) is 5.91 Å². The molecule has 3 nitrogen and oxygen atoms in total. The standard InChI is InChI=1S/C14H19NO2S/c1-3-11-9-15(7-8-18-11)14(17)12-6-4-5-10(2)13(12)16/h4-6,11,16H,3,7-9H2,1-2H3. The third-order valence-electron chi connectivity index (χ3n) is 3.35. The van der Waals surface area contributed by atoms with Crippen molar-refractivity contribution >= 4 is 17.7 Å². The summed E-state index contributed by atoms with van der Waals surface area (Å²) < 4.78 is 0. The predicted octanol–water partition coefficient (Wildman–Crippen LogP) is 2.67. The number of aryl methyl sites for hydroxylation is 1. The lowest BCUT2D eigenvalue weighted by atomic mass is 10.1. The van der Waals surface area contributed by atoms with Gasteiger partial charge in [0.2, 0.25) is 0 Å². The van der Waals surface area contributed by atoms with E-state index in [-0.39, 0.29) is 11.7 Å².